The van der Waals surface area contributed by atoms with Crippen LogP contribution in [0.1, 0.15) is 39.2 Å². The zero-order valence-electron chi connectivity index (χ0n) is 9.88. The molecular formula is C13H19FO. The Hall–Kier alpha value is -1.05. The van der Waals surface area contributed by atoms with E-state index in [1.807, 2.05) is 13.0 Å². The van der Waals surface area contributed by atoms with Gasteiger partial charge in [-0.2, -0.15) is 0 Å². The summed E-state index contributed by atoms with van der Waals surface area (Å²) < 4.78 is 18.6. The number of ether oxygens (including phenoxy) is 1. The summed E-state index contributed by atoms with van der Waals surface area (Å²) in [4.78, 5) is 0. The summed E-state index contributed by atoms with van der Waals surface area (Å²) in [5.74, 6) is 1.25. The molecule has 1 aromatic rings. The van der Waals surface area contributed by atoms with Crippen molar-refractivity contribution in [1.82, 2.24) is 0 Å². The van der Waals surface area contributed by atoms with Gasteiger partial charge in [0.1, 0.15) is 11.6 Å². The van der Waals surface area contributed by atoms with E-state index in [1.54, 1.807) is 6.07 Å². The molecule has 0 N–H and O–H groups in total. The molecule has 2 heteroatoms. The van der Waals surface area contributed by atoms with Gasteiger partial charge >= 0.3 is 0 Å². The van der Waals surface area contributed by atoms with E-state index >= 15 is 0 Å². The van der Waals surface area contributed by atoms with Gasteiger partial charge in [0.2, 0.25) is 0 Å². The summed E-state index contributed by atoms with van der Waals surface area (Å²) in [5, 5.41) is 0. The Kier molecular flexibility index (Phi) is 4.13. The van der Waals surface area contributed by atoms with Crippen LogP contribution in [0.5, 0.6) is 5.75 Å². The molecule has 0 aliphatic rings. The van der Waals surface area contributed by atoms with Gasteiger partial charge in [-0.1, -0.05) is 20.8 Å². The van der Waals surface area contributed by atoms with E-state index in [2.05, 4.69) is 20.8 Å². The van der Waals surface area contributed by atoms with Crippen molar-refractivity contribution in [2.45, 2.75) is 33.6 Å². The Labute approximate surface area is 91.3 Å². The lowest BCUT2D eigenvalue weighted by Gasteiger charge is -2.17. The highest BCUT2D eigenvalue weighted by Crippen LogP contribution is 2.27. The van der Waals surface area contributed by atoms with Gasteiger partial charge in [0, 0.05) is 6.07 Å². The summed E-state index contributed by atoms with van der Waals surface area (Å²) in [6.45, 7) is 8.84. The Balaban J connectivity index is 2.97. The van der Waals surface area contributed by atoms with Crippen LogP contribution in [0, 0.1) is 11.7 Å². The van der Waals surface area contributed by atoms with Crippen LogP contribution >= 0.6 is 0 Å². The molecule has 0 bridgehead atoms. The monoisotopic (exact) mass is 210 g/mol. The van der Waals surface area contributed by atoms with E-state index < -0.39 is 0 Å². The lowest BCUT2D eigenvalue weighted by atomic mass is 9.90. The van der Waals surface area contributed by atoms with Gasteiger partial charge in [0.15, 0.2) is 0 Å². The maximum absolute atomic E-state index is 13.3. The summed E-state index contributed by atoms with van der Waals surface area (Å²) in [6.07, 6.45) is 0. The van der Waals surface area contributed by atoms with E-state index in [0.29, 0.717) is 24.2 Å². The van der Waals surface area contributed by atoms with E-state index in [9.17, 15) is 4.39 Å². The third-order valence-corrected chi connectivity index (χ3v) is 2.73. The SMILES string of the molecule is CCOc1cc(F)cc(C(C)C(C)C)c1. The molecule has 1 aromatic carbocycles. The lowest BCUT2D eigenvalue weighted by Crippen LogP contribution is -2.03. The number of hydrogen-bond acceptors (Lipinski definition) is 1. The third-order valence-electron chi connectivity index (χ3n) is 2.73. The third kappa shape index (κ3) is 3.22. The molecule has 1 nitrogen and oxygen atoms in total. The molecule has 84 valence electrons. The molecule has 0 saturated heterocycles. The Morgan fingerprint density at radius 1 is 1.20 bits per heavy atom. The fourth-order valence-corrected chi connectivity index (χ4v) is 1.48. The molecule has 0 radical (unpaired) electrons. The number of rotatable bonds is 4. The minimum absolute atomic E-state index is 0.219. The van der Waals surface area contributed by atoms with Crippen molar-refractivity contribution >= 4 is 0 Å². The van der Waals surface area contributed by atoms with Crippen molar-refractivity contribution in [1.29, 1.82) is 0 Å². The molecule has 0 saturated carbocycles. The molecule has 1 unspecified atom stereocenters. The molecule has 0 heterocycles. The highest BCUT2D eigenvalue weighted by Gasteiger charge is 2.12. The smallest absolute Gasteiger partial charge is 0.127 e. The van der Waals surface area contributed by atoms with Gasteiger partial charge in [0.25, 0.3) is 0 Å². The molecule has 0 aliphatic heterocycles. The first-order valence-corrected chi connectivity index (χ1v) is 5.47. The van der Waals surface area contributed by atoms with Crippen molar-refractivity contribution in [2.75, 3.05) is 6.61 Å². The normalized spacial score (nSPS) is 12.9. The molecule has 1 atom stereocenters. The highest BCUT2D eigenvalue weighted by atomic mass is 19.1. The van der Waals surface area contributed by atoms with Crippen molar-refractivity contribution < 1.29 is 9.13 Å². The Morgan fingerprint density at radius 3 is 2.40 bits per heavy atom. The number of benzene rings is 1. The second kappa shape index (κ2) is 5.15. The standard InChI is InChI=1S/C13H19FO/c1-5-15-13-7-11(6-12(14)8-13)10(4)9(2)3/h6-10H,5H2,1-4H3. The maximum atomic E-state index is 13.3. The molecule has 0 fully saturated rings. The molecule has 0 aliphatic carbocycles. The van der Waals surface area contributed by atoms with Gasteiger partial charge < -0.3 is 4.74 Å². The van der Waals surface area contributed by atoms with Gasteiger partial charge in [-0.05, 0) is 36.5 Å². The molecule has 0 spiro atoms. The van der Waals surface area contributed by atoms with Crippen molar-refractivity contribution in [2.24, 2.45) is 5.92 Å². The second-order valence-electron chi connectivity index (χ2n) is 4.19. The maximum Gasteiger partial charge on any atom is 0.127 e. The first-order valence-electron chi connectivity index (χ1n) is 5.47. The van der Waals surface area contributed by atoms with Crippen molar-refractivity contribution in [3.8, 4) is 5.75 Å². The molecule has 0 aromatic heterocycles. The van der Waals surface area contributed by atoms with Crippen LogP contribution in [0.2, 0.25) is 0 Å². The van der Waals surface area contributed by atoms with E-state index in [4.69, 9.17) is 4.74 Å². The topological polar surface area (TPSA) is 9.23 Å². The Morgan fingerprint density at radius 2 is 1.87 bits per heavy atom. The molecular weight excluding hydrogens is 191 g/mol. The van der Waals surface area contributed by atoms with Crippen LogP contribution in [0.25, 0.3) is 0 Å². The van der Waals surface area contributed by atoms with Crippen LogP contribution < -0.4 is 4.74 Å². The summed E-state index contributed by atoms with van der Waals surface area (Å²) >= 11 is 0. The summed E-state index contributed by atoms with van der Waals surface area (Å²) in [7, 11) is 0. The van der Waals surface area contributed by atoms with E-state index in [0.717, 1.165) is 5.56 Å². The fraction of sp³-hybridized carbons (Fsp3) is 0.538. The van der Waals surface area contributed by atoms with Crippen molar-refractivity contribution in [3.05, 3.63) is 29.6 Å². The van der Waals surface area contributed by atoms with Gasteiger partial charge in [-0.3, -0.25) is 0 Å². The van der Waals surface area contributed by atoms with Crippen LogP contribution in [0.15, 0.2) is 18.2 Å². The average Bonchev–Trinajstić information content (AvgIpc) is 2.16. The molecule has 0 amide bonds. The predicted octanol–water partition coefficient (Wildman–Crippen LogP) is 3.98. The van der Waals surface area contributed by atoms with Crippen molar-refractivity contribution in [3.63, 3.8) is 0 Å². The van der Waals surface area contributed by atoms with Gasteiger partial charge in [-0.15, -0.1) is 0 Å². The quantitative estimate of drug-likeness (QED) is 0.730. The molecule has 15 heavy (non-hydrogen) atoms. The minimum Gasteiger partial charge on any atom is -0.494 e. The Bertz CT molecular complexity index is 320. The largest absolute Gasteiger partial charge is 0.494 e. The van der Waals surface area contributed by atoms with E-state index in [1.165, 1.54) is 6.07 Å². The molecule has 1 rings (SSSR count). The highest BCUT2D eigenvalue weighted by molar-refractivity contribution is 5.31. The van der Waals surface area contributed by atoms with Crippen LogP contribution in [0.3, 0.4) is 0 Å². The lowest BCUT2D eigenvalue weighted by molar-refractivity contribution is 0.337. The zero-order valence-corrected chi connectivity index (χ0v) is 9.88. The van der Waals surface area contributed by atoms with Gasteiger partial charge in [-0.25, -0.2) is 4.39 Å². The fourth-order valence-electron chi connectivity index (χ4n) is 1.48. The minimum atomic E-state index is -0.219. The van der Waals surface area contributed by atoms with Crippen LogP contribution in [0.4, 0.5) is 4.39 Å². The second-order valence-corrected chi connectivity index (χ2v) is 4.19. The van der Waals surface area contributed by atoms with Crippen LogP contribution in [-0.4, -0.2) is 6.61 Å². The summed E-state index contributed by atoms with van der Waals surface area (Å²) in [6, 6.07) is 4.95. The zero-order chi connectivity index (χ0) is 11.4. The first kappa shape index (κ1) is 12.0. The first-order chi connectivity index (χ1) is 7.04. The van der Waals surface area contributed by atoms with E-state index in [-0.39, 0.29) is 5.82 Å². The number of hydrogen-bond donors (Lipinski definition) is 0. The van der Waals surface area contributed by atoms with Crippen LogP contribution in [-0.2, 0) is 0 Å². The average molecular weight is 210 g/mol. The summed E-state index contributed by atoms with van der Waals surface area (Å²) in [5.41, 5.74) is 1.01. The van der Waals surface area contributed by atoms with Gasteiger partial charge in [0.05, 0.1) is 6.61 Å². The number of halogens is 1. The predicted molar refractivity (Wildman–Crippen MR) is 60.8 cm³/mol.